The number of rotatable bonds is 4. The van der Waals surface area contributed by atoms with Crippen molar-refractivity contribution in [2.75, 3.05) is 11.9 Å². The summed E-state index contributed by atoms with van der Waals surface area (Å²) in [5, 5.41) is 6.89. The van der Waals surface area contributed by atoms with Crippen LogP contribution in [-0.4, -0.2) is 22.7 Å². The molecule has 21 heavy (non-hydrogen) atoms. The first-order valence-corrected chi connectivity index (χ1v) is 7.26. The highest BCUT2D eigenvalue weighted by atomic mass is 32.1. The quantitative estimate of drug-likeness (QED) is 0.800. The Morgan fingerprint density at radius 2 is 2.33 bits per heavy atom. The molecule has 0 saturated heterocycles. The Morgan fingerprint density at radius 3 is 3.05 bits per heavy atom. The van der Waals surface area contributed by atoms with Gasteiger partial charge in [0.15, 0.2) is 5.13 Å². The lowest BCUT2D eigenvalue weighted by atomic mass is 10.3. The SMILES string of the molecule is CCOc1cccc2sc(NC(=O)c3cc(C)no3)nc12. The van der Waals surface area contributed by atoms with E-state index < -0.39 is 0 Å². The summed E-state index contributed by atoms with van der Waals surface area (Å²) < 4.78 is 11.4. The van der Waals surface area contributed by atoms with Crippen LogP contribution in [0.2, 0.25) is 0 Å². The lowest BCUT2D eigenvalue weighted by molar-refractivity contribution is 0.0988. The van der Waals surface area contributed by atoms with Crippen molar-refractivity contribution in [3.05, 3.63) is 35.7 Å². The molecule has 7 heteroatoms. The van der Waals surface area contributed by atoms with Gasteiger partial charge < -0.3 is 9.26 Å². The Morgan fingerprint density at radius 1 is 1.48 bits per heavy atom. The fraction of sp³-hybridized carbons (Fsp3) is 0.214. The van der Waals surface area contributed by atoms with Gasteiger partial charge in [-0.2, -0.15) is 0 Å². The number of carbonyl (C=O) groups excluding carboxylic acids is 1. The Bertz CT molecular complexity index is 794. The molecule has 1 amide bonds. The zero-order valence-corrected chi connectivity index (χ0v) is 12.4. The van der Waals surface area contributed by atoms with Crippen LogP contribution in [0.5, 0.6) is 5.75 Å². The Kier molecular flexibility index (Phi) is 3.57. The van der Waals surface area contributed by atoms with Crippen LogP contribution in [0.4, 0.5) is 5.13 Å². The number of aromatic nitrogens is 2. The van der Waals surface area contributed by atoms with E-state index in [9.17, 15) is 4.79 Å². The number of hydrogen-bond donors (Lipinski definition) is 1. The number of nitrogens with one attached hydrogen (secondary N) is 1. The van der Waals surface area contributed by atoms with Crippen molar-refractivity contribution in [3.8, 4) is 5.75 Å². The highest BCUT2D eigenvalue weighted by molar-refractivity contribution is 7.22. The number of hydrogen-bond acceptors (Lipinski definition) is 6. The maximum Gasteiger partial charge on any atom is 0.296 e. The predicted octanol–water partition coefficient (Wildman–Crippen LogP) is 3.24. The molecule has 0 fully saturated rings. The summed E-state index contributed by atoms with van der Waals surface area (Å²) in [6.45, 7) is 4.24. The van der Waals surface area contributed by atoms with Gasteiger partial charge in [0, 0.05) is 6.07 Å². The molecule has 0 spiro atoms. The van der Waals surface area contributed by atoms with E-state index in [1.165, 1.54) is 11.3 Å². The van der Waals surface area contributed by atoms with Crippen molar-refractivity contribution >= 4 is 32.6 Å². The van der Waals surface area contributed by atoms with Gasteiger partial charge in [-0.05, 0) is 26.0 Å². The molecular formula is C14H13N3O3S. The third-order valence-corrected chi connectivity index (χ3v) is 3.69. The van der Waals surface area contributed by atoms with Gasteiger partial charge in [0.1, 0.15) is 11.3 Å². The van der Waals surface area contributed by atoms with E-state index in [0.717, 1.165) is 10.2 Å². The minimum atomic E-state index is -0.368. The Hall–Kier alpha value is -2.41. The van der Waals surface area contributed by atoms with Crippen LogP contribution >= 0.6 is 11.3 Å². The molecule has 0 saturated carbocycles. The summed E-state index contributed by atoms with van der Waals surface area (Å²) in [6.07, 6.45) is 0. The molecule has 0 aliphatic heterocycles. The van der Waals surface area contributed by atoms with Crippen molar-refractivity contribution < 1.29 is 14.1 Å². The van der Waals surface area contributed by atoms with Crippen molar-refractivity contribution in [1.82, 2.24) is 10.1 Å². The molecular weight excluding hydrogens is 290 g/mol. The molecule has 0 bridgehead atoms. The second kappa shape index (κ2) is 5.53. The van der Waals surface area contributed by atoms with Crippen LogP contribution in [0, 0.1) is 6.92 Å². The molecule has 1 N–H and O–H groups in total. The van der Waals surface area contributed by atoms with Gasteiger partial charge >= 0.3 is 0 Å². The number of fused-ring (bicyclic) bond motifs is 1. The topological polar surface area (TPSA) is 77.2 Å². The zero-order valence-electron chi connectivity index (χ0n) is 11.5. The minimum absolute atomic E-state index is 0.164. The molecule has 0 unspecified atom stereocenters. The number of amides is 1. The standard InChI is InChI=1S/C14H13N3O3S/c1-3-19-9-5-4-6-11-12(9)15-14(21-11)16-13(18)10-7-8(2)17-20-10/h4-7H,3H2,1-2H3,(H,15,16,18). The first kappa shape index (κ1) is 13.6. The van der Waals surface area contributed by atoms with E-state index in [1.807, 2.05) is 25.1 Å². The summed E-state index contributed by atoms with van der Waals surface area (Å²) in [5.74, 6) is 0.506. The first-order valence-electron chi connectivity index (χ1n) is 6.44. The van der Waals surface area contributed by atoms with Crippen LogP contribution in [-0.2, 0) is 0 Å². The van der Waals surface area contributed by atoms with Crippen LogP contribution in [0.3, 0.4) is 0 Å². The summed E-state index contributed by atoms with van der Waals surface area (Å²) in [6, 6.07) is 7.27. The predicted molar refractivity (Wildman–Crippen MR) is 80.0 cm³/mol. The van der Waals surface area contributed by atoms with E-state index in [-0.39, 0.29) is 11.7 Å². The molecule has 0 aliphatic rings. The van der Waals surface area contributed by atoms with Crippen LogP contribution in [0.1, 0.15) is 23.2 Å². The van der Waals surface area contributed by atoms with E-state index in [2.05, 4.69) is 15.5 Å². The summed E-state index contributed by atoms with van der Waals surface area (Å²) >= 11 is 1.38. The van der Waals surface area contributed by atoms with Crippen LogP contribution < -0.4 is 10.1 Å². The van der Waals surface area contributed by atoms with Crippen LogP contribution in [0.25, 0.3) is 10.2 Å². The highest BCUT2D eigenvalue weighted by Crippen LogP contribution is 2.32. The Balaban J connectivity index is 1.87. The van der Waals surface area contributed by atoms with E-state index in [1.54, 1.807) is 13.0 Å². The number of nitrogens with zero attached hydrogens (tertiary/aromatic N) is 2. The van der Waals surface area contributed by atoms with Crippen LogP contribution in [0.15, 0.2) is 28.8 Å². The van der Waals surface area contributed by atoms with E-state index >= 15 is 0 Å². The maximum atomic E-state index is 12.0. The molecule has 3 aromatic rings. The summed E-state index contributed by atoms with van der Waals surface area (Å²) in [5.41, 5.74) is 1.40. The average Bonchev–Trinajstić information content (AvgIpc) is 3.05. The number of aryl methyl sites for hydroxylation is 1. The average molecular weight is 303 g/mol. The lowest BCUT2D eigenvalue weighted by Crippen LogP contribution is -2.10. The number of anilines is 1. The fourth-order valence-corrected chi connectivity index (χ4v) is 2.76. The Labute approximate surface area is 124 Å². The number of carbonyl (C=O) groups is 1. The normalized spacial score (nSPS) is 10.8. The number of benzene rings is 1. The molecule has 108 valence electrons. The minimum Gasteiger partial charge on any atom is -0.492 e. The van der Waals surface area contributed by atoms with Gasteiger partial charge in [-0.3, -0.25) is 10.1 Å². The van der Waals surface area contributed by atoms with Crippen molar-refractivity contribution in [1.29, 1.82) is 0 Å². The monoisotopic (exact) mass is 303 g/mol. The third kappa shape index (κ3) is 2.73. The van der Waals surface area contributed by atoms with Gasteiger partial charge in [-0.1, -0.05) is 22.6 Å². The lowest BCUT2D eigenvalue weighted by Gasteiger charge is -2.01. The number of thiazole rings is 1. The molecule has 3 rings (SSSR count). The molecule has 2 aromatic heterocycles. The second-order valence-corrected chi connectivity index (χ2v) is 5.37. The molecule has 0 radical (unpaired) electrons. The molecule has 1 aromatic carbocycles. The van der Waals surface area contributed by atoms with Gasteiger partial charge in [-0.25, -0.2) is 4.98 Å². The molecule has 0 aliphatic carbocycles. The summed E-state index contributed by atoms with van der Waals surface area (Å²) in [7, 11) is 0. The van der Waals surface area contributed by atoms with Gasteiger partial charge in [0.2, 0.25) is 5.76 Å². The third-order valence-electron chi connectivity index (χ3n) is 2.75. The van der Waals surface area contributed by atoms with Gasteiger partial charge in [-0.15, -0.1) is 0 Å². The van der Waals surface area contributed by atoms with E-state index in [4.69, 9.17) is 9.26 Å². The molecule has 0 atom stereocenters. The smallest absolute Gasteiger partial charge is 0.296 e. The van der Waals surface area contributed by atoms with Crippen molar-refractivity contribution in [3.63, 3.8) is 0 Å². The first-order chi connectivity index (χ1) is 10.2. The zero-order chi connectivity index (χ0) is 14.8. The fourth-order valence-electron chi connectivity index (χ4n) is 1.88. The van der Waals surface area contributed by atoms with E-state index in [0.29, 0.717) is 23.2 Å². The largest absolute Gasteiger partial charge is 0.492 e. The maximum absolute atomic E-state index is 12.0. The number of ether oxygens (including phenoxy) is 1. The van der Waals surface area contributed by atoms with Crippen molar-refractivity contribution in [2.24, 2.45) is 0 Å². The second-order valence-electron chi connectivity index (χ2n) is 4.34. The highest BCUT2D eigenvalue weighted by Gasteiger charge is 2.15. The molecule has 6 nitrogen and oxygen atoms in total. The summed E-state index contributed by atoms with van der Waals surface area (Å²) in [4.78, 5) is 16.4. The number of para-hydroxylation sites is 1. The molecule has 2 heterocycles. The van der Waals surface area contributed by atoms with Crippen molar-refractivity contribution in [2.45, 2.75) is 13.8 Å². The van der Waals surface area contributed by atoms with Gasteiger partial charge in [0.25, 0.3) is 5.91 Å². The van der Waals surface area contributed by atoms with Gasteiger partial charge in [0.05, 0.1) is 17.0 Å².